The van der Waals surface area contributed by atoms with E-state index in [1.54, 1.807) is 7.05 Å². The fourth-order valence-electron chi connectivity index (χ4n) is 1.16. The van der Waals surface area contributed by atoms with E-state index in [9.17, 15) is 13.2 Å². The third kappa shape index (κ3) is 2.70. The Morgan fingerprint density at radius 3 is 2.71 bits per heavy atom. The summed E-state index contributed by atoms with van der Waals surface area (Å²) in [5, 5.41) is 2.81. The molecular weight excluding hydrogens is 193 g/mol. The molecule has 0 saturated carbocycles. The highest BCUT2D eigenvalue weighted by molar-refractivity contribution is 5.26. The van der Waals surface area contributed by atoms with Crippen molar-refractivity contribution < 1.29 is 13.2 Å². The highest BCUT2D eigenvalue weighted by Crippen LogP contribution is 2.31. The predicted octanol–water partition coefficient (Wildman–Crippen LogP) is 1.86. The molecule has 0 atom stereocenters. The standard InChI is InChI=1S/C9H11F3N2/c1-13-4-2-7-3-5-14-6-8(7)9(10,11)12/h3,5-6,13H,2,4H2,1H3. The van der Waals surface area contributed by atoms with E-state index in [0.717, 1.165) is 6.20 Å². The first-order chi connectivity index (χ1) is 6.55. The number of aromatic nitrogens is 1. The number of rotatable bonds is 3. The van der Waals surface area contributed by atoms with Crippen molar-refractivity contribution in [3.63, 3.8) is 0 Å². The molecule has 1 aromatic heterocycles. The summed E-state index contributed by atoms with van der Waals surface area (Å²) in [6, 6.07) is 1.40. The van der Waals surface area contributed by atoms with Crippen LogP contribution in [-0.4, -0.2) is 18.6 Å². The lowest BCUT2D eigenvalue weighted by atomic mass is 10.1. The van der Waals surface area contributed by atoms with Crippen LogP contribution in [0.2, 0.25) is 0 Å². The van der Waals surface area contributed by atoms with Gasteiger partial charge in [0.2, 0.25) is 0 Å². The molecule has 2 nitrogen and oxygen atoms in total. The summed E-state index contributed by atoms with van der Waals surface area (Å²) in [6.07, 6.45) is -1.71. The second kappa shape index (κ2) is 4.41. The Balaban J connectivity index is 2.92. The van der Waals surface area contributed by atoms with Crippen molar-refractivity contribution in [1.29, 1.82) is 0 Å². The number of pyridine rings is 1. The summed E-state index contributed by atoms with van der Waals surface area (Å²) in [5.41, 5.74) is -0.364. The van der Waals surface area contributed by atoms with Gasteiger partial charge in [-0.25, -0.2) is 0 Å². The van der Waals surface area contributed by atoms with Crippen molar-refractivity contribution in [3.8, 4) is 0 Å². The second-order valence-electron chi connectivity index (χ2n) is 2.88. The van der Waals surface area contributed by atoms with Crippen molar-refractivity contribution in [2.75, 3.05) is 13.6 Å². The minimum Gasteiger partial charge on any atom is -0.319 e. The van der Waals surface area contributed by atoms with Crippen LogP contribution in [0.25, 0.3) is 0 Å². The maximum Gasteiger partial charge on any atom is 0.418 e. The van der Waals surface area contributed by atoms with Gasteiger partial charge in [0.05, 0.1) is 5.56 Å². The lowest BCUT2D eigenvalue weighted by Crippen LogP contribution is -2.15. The van der Waals surface area contributed by atoms with Crippen LogP contribution < -0.4 is 5.32 Å². The molecule has 1 heterocycles. The van der Waals surface area contributed by atoms with Crippen LogP contribution in [0.4, 0.5) is 13.2 Å². The highest BCUT2D eigenvalue weighted by Gasteiger charge is 2.33. The molecule has 5 heteroatoms. The van der Waals surface area contributed by atoms with Gasteiger partial charge in [-0.1, -0.05) is 0 Å². The van der Waals surface area contributed by atoms with Crippen molar-refractivity contribution in [2.45, 2.75) is 12.6 Å². The summed E-state index contributed by atoms with van der Waals surface area (Å²) in [5.74, 6) is 0. The van der Waals surface area contributed by atoms with Crippen molar-refractivity contribution in [3.05, 3.63) is 29.6 Å². The maximum atomic E-state index is 12.4. The van der Waals surface area contributed by atoms with E-state index >= 15 is 0 Å². The van der Waals surface area contributed by atoms with E-state index in [-0.39, 0.29) is 5.56 Å². The van der Waals surface area contributed by atoms with Gasteiger partial charge in [0.1, 0.15) is 0 Å². The first-order valence-electron chi connectivity index (χ1n) is 4.20. The molecule has 0 aliphatic heterocycles. The first-order valence-corrected chi connectivity index (χ1v) is 4.20. The summed E-state index contributed by atoms with van der Waals surface area (Å²) < 4.78 is 37.2. The Morgan fingerprint density at radius 2 is 2.14 bits per heavy atom. The average Bonchev–Trinajstić information content (AvgIpc) is 2.14. The first kappa shape index (κ1) is 11.0. The SMILES string of the molecule is CNCCc1ccncc1C(F)(F)F. The predicted molar refractivity (Wildman–Crippen MR) is 46.9 cm³/mol. The summed E-state index contributed by atoms with van der Waals surface area (Å²) in [6.45, 7) is 0.521. The molecule has 1 N–H and O–H groups in total. The number of hydrogen-bond acceptors (Lipinski definition) is 2. The molecule has 0 bridgehead atoms. The molecule has 0 aliphatic carbocycles. The molecule has 0 aromatic carbocycles. The zero-order valence-electron chi connectivity index (χ0n) is 7.73. The van der Waals surface area contributed by atoms with Crippen molar-refractivity contribution in [2.24, 2.45) is 0 Å². The summed E-state index contributed by atoms with van der Waals surface area (Å²) in [7, 11) is 1.70. The maximum absolute atomic E-state index is 12.4. The van der Waals surface area contributed by atoms with E-state index in [1.807, 2.05) is 0 Å². The Labute approximate surface area is 80.2 Å². The number of likely N-dealkylation sites (N-methyl/N-ethyl adjacent to an activating group) is 1. The zero-order chi connectivity index (χ0) is 10.6. The summed E-state index contributed by atoms with van der Waals surface area (Å²) in [4.78, 5) is 3.48. The molecule has 0 aliphatic rings. The minimum atomic E-state index is -4.31. The van der Waals surface area contributed by atoms with E-state index in [4.69, 9.17) is 0 Å². The van der Waals surface area contributed by atoms with Gasteiger partial charge in [-0.3, -0.25) is 4.98 Å². The van der Waals surface area contributed by atoms with E-state index in [2.05, 4.69) is 10.3 Å². The second-order valence-corrected chi connectivity index (χ2v) is 2.88. The van der Waals surface area contributed by atoms with Crippen LogP contribution >= 0.6 is 0 Å². The number of alkyl halides is 3. The van der Waals surface area contributed by atoms with Crippen molar-refractivity contribution in [1.82, 2.24) is 10.3 Å². The number of nitrogens with zero attached hydrogens (tertiary/aromatic N) is 1. The third-order valence-corrected chi connectivity index (χ3v) is 1.86. The molecule has 0 unspecified atom stereocenters. The van der Waals surface area contributed by atoms with Crippen LogP contribution in [-0.2, 0) is 12.6 Å². The zero-order valence-corrected chi connectivity index (χ0v) is 7.73. The molecular formula is C9H11F3N2. The molecule has 0 fully saturated rings. The van der Waals surface area contributed by atoms with Gasteiger partial charge in [0.25, 0.3) is 0 Å². The van der Waals surface area contributed by atoms with Gasteiger partial charge < -0.3 is 5.32 Å². The molecule has 78 valence electrons. The Kier molecular flexibility index (Phi) is 3.46. The van der Waals surface area contributed by atoms with Crippen LogP contribution in [0, 0.1) is 0 Å². The van der Waals surface area contributed by atoms with Crippen LogP contribution in [0.1, 0.15) is 11.1 Å². The van der Waals surface area contributed by atoms with Crippen molar-refractivity contribution >= 4 is 0 Å². The monoisotopic (exact) mass is 204 g/mol. The molecule has 14 heavy (non-hydrogen) atoms. The van der Waals surface area contributed by atoms with Gasteiger partial charge in [-0.2, -0.15) is 13.2 Å². The van der Waals surface area contributed by atoms with Crippen LogP contribution in [0.3, 0.4) is 0 Å². The highest BCUT2D eigenvalue weighted by atomic mass is 19.4. The molecule has 0 radical (unpaired) electrons. The molecule has 1 rings (SSSR count). The largest absolute Gasteiger partial charge is 0.418 e. The summed E-state index contributed by atoms with van der Waals surface area (Å²) >= 11 is 0. The fraction of sp³-hybridized carbons (Fsp3) is 0.444. The molecule has 0 spiro atoms. The smallest absolute Gasteiger partial charge is 0.319 e. The topological polar surface area (TPSA) is 24.9 Å². The Morgan fingerprint density at radius 1 is 1.43 bits per heavy atom. The number of nitrogens with one attached hydrogen (secondary N) is 1. The van der Waals surface area contributed by atoms with E-state index in [1.165, 1.54) is 12.3 Å². The van der Waals surface area contributed by atoms with Gasteiger partial charge in [0.15, 0.2) is 0 Å². The van der Waals surface area contributed by atoms with E-state index < -0.39 is 11.7 Å². The minimum absolute atomic E-state index is 0.279. The van der Waals surface area contributed by atoms with E-state index in [0.29, 0.717) is 13.0 Å². The fourth-order valence-corrected chi connectivity index (χ4v) is 1.16. The number of halogens is 3. The third-order valence-electron chi connectivity index (χ3n) is 1.86. The van der Waals surface area contributed by atoms with Gasteiger partial charge in [-0.15, -0.1) is 0 Å². The Hall–Kier alpha value is -1.10. The van der Waals surface area contributed by atoms with Gasteiger partial charge in [0, 0.05) is 12.4 Å². The van der Waals surface area contributed by atoms with Crippen LogP contribution in [0.5, 0.6) is 0 Å². The van der Waals surface area contributed by atoms with Crippen LogP contribution in [0.15, 0.2) is 18.5 Å². The molecule has 0 amide bonds. The lowest BCUT2D eigenvalue weighted by molar-refractivity contribution is -0.138. The quantitative estimate of drug-likeness (QED) is 0.812. The lowest BCUT2D eigenvalue weighted by Gasteiger charge is -2.11. The van der Waals surface area contributed by atoms with Gasteiger partial charge >= 0.3 is 6.18 Å². The Bertz CT molecular complexity index is 296. The normalized spacial score (nSPS) is 11.7. The molecule has 0 saturated heterocycles. The number of hydrogen-bond donors (Lipinski definition) is 1. The molecule has 1 aromatic rings. The average molecular weight is 204 g/mol. The van der Waals surface area contributed by atoms with Gasteiger partial charge in [-0.05, 0) is 31.6 Å².